The Morgan fingerprint density at radius 3 is 2.78 bits per heavy atom. The maximum Gasteiger partial charge on any atom is 0.267 e. The molecule has 0 aliphatic carbocycles. The number of nitrogen functional groups attached to an aromatic ring is 1. The van der Waals surface area contributed by atoms with Crippen molar-refractivity contribution in [3.63, 3.8) is 0 Å². The summed E-state index contributed by atoms with van der Waals surface area (Å²) in [6.45, 7) is 3.77. The van der Waals surface area contributed by atoms with E-state index in [0.29, 0.717) is 11.5 Å². The molecular weight excluding hydrogens is 230 g/mol. The summed E-state index contributed by atoms with van der Waals surface area (Å²) in [7, 11) is 2.10. The minimum absolute atomic E-state index is 0.261. The van der Waals surface area contributed by atoms with E-state index in [1.165, 1.54) is 0 Å². The van der Waals surface area contributed by atoms with Crippen LogP contribution in [0.5, 0.6) is 0 Å². The van der Waals surface area contributed by atoms with E-state index in [1.807, 2.05) is 0 Å². The second-order valence-electron chi connectivity index (χ2n) is 4.62. The Bertz CT molecular complexity index is 448. The number of carbonyl (C=O) groups is 1. The molecule has 0 saturated carbocycles. The van der Waals surface area contributed by atoms with Crippen molar-refractivity contribution >= 4 is 17.4 Å². The first-order valence-corrected chi connectivity index (χ1v) is 6.08. The zero-order valence-electron chi connectivity index (χ0n) is 10.6. The van der Waals surface area contributed by atoms with Gasteiger partial charge in [0.05, 0.1) is 5.69 Å². The highest BCUT2D eigenvalue weighted by molar-refractivity contribution is 5.91. The maximum absolute atomic E-state index is 11.2. The summed E-state index contributed by atoms with van der Waals surface area (Å²) in [4.78, 5) is 19.8. The quantitative estimate of drug-likeness (QED) is 0.764. The summed E-state index contributed by atoms with van der Waals surface area (Å²) in [5.74, 6) is 0.143. The first-order valence-electron chi connectivity index (χ1n) is 6.08. The van der Waals surface area contributed by atoms with Crippen LogP contribution in [0.4, 0.5) is 11.5 Å². The van der Waals surface area contributed by atoms with Crippen molar-refractivity contribution in [2.75, 3.05) is 43.9 Å². The van der Waals surface area contributed by atoms with Crippen molar-refractivity contribution in [3.05, 3.63) is 17.8 Å². The Morgan fingerprint density at radius 1 is 1.28 bits per heavy atom. The van der Waals surface area contributed by atoms with E-state index in [1.54, 1.807) is 12.1 Å². The molecule has 1 aliphatic rings. The number of nitrogens with zero attached hydrogens (tertiary/aromatic N) is 3. The van der Waals surface area contributed by atoms with Crippen LogP contribution in [0.2, 0.25) is 0 Å². The Balaban J connectivity index is 2.25. The molecule has 6 heteroatoms. The average molecular weight is 249 g/mol. The molecule has 0 radical (unpaired) electrons. The van der Waals surface area contributed by atoms with Crippen LogP contribution in [0.15, 0.2) is 12.1 Å². The zero-order valence-corrected chi connectivity index (χ0v) is 10.6. The van der Waals surface area contributed by atoms with Gasteiger partial charge in [-0.15, -0.1) is 0 Å². The van der Waals surface area contributed by atoms with Crippen molar-refractivity contribution in [2.24, 2.45) is 5.73 Å². The lowest BCUT2D eigenvalue weighted by Gasteiger charge is -2.23. The highest BCUT2D eigenvalue weighted by Gasteiger charge is 2.17. The summed E-state index contributed by atoms with van der Waals surface area (Å²) >= 11 is 0. The fourth-order valence-corrected chi connectivity index (χ4v) is 2.11. The maximum atomic E-state index is 11.2. The van der Waals surface area contributed by atoms with Gasteiger partial charge in [-0.3, -0.25) is 4.79 Å². The number of rotatable bonds is 2. The normalized spacial score (nSPS) is 17.5. The number of anilines is 2. The molecule has 1 fully saturated rings. The monoisotopic (exact) mass is 249 g/mol. The van der Waals surface area contributed by atoms with E-state index < -0.39 is 5.91 Å². The van der Waals surface area contributed by atoms with Crippen LogP contribution in [-0.4, -0.2) is 49.0 Å². The molecule has 0 unspecified atom stereocenters. The first kappa shape index (κ1) is 12.6. The van der Waals surface area contributed by atoms with Gasteiger partial charge in [-0.05, 0) is 32.1 Å². The highest BCUT2D eigenvalue weighted by Crippen LogP contribution is 2.21. The van der Waals surface area contributed by atoms with Gasteiger partial charge < -0.3 is 21.3 Å². The number of nitrogens with two attached hydrogens (primary N) is 2. The molecule has 2 rings (SSSR count). The fourth-order valence-electron chi connectivity index (χ4n) is 2.11. The summed E-state index contributed by atoms with van der Waals surface area (Å²) in [5.41, 5.74) is 12.0. The Labute approximate surface area is 107 Å². The van der Waals surface area contributed by atoms with Crippen molar-refractivity contribution < 1.29 is 4.79 Å². The molecule has 98 valence electrons. The van der Waals surface area contributed by atoms with E-state index in [-0.39, 0.29) is 5.69 Å². The number of likely N-dealkylation sites (N-methyl/N-ethyl adjacent to an activating group) is 1. The first-order chi connectivity index (χ1) is 8.58. The van der Waals surface area contributed by atoms with Crippen molar-refractivity contribution in [2.45, 2.75) is 6.42 Å². The van der Waals surface area contributed by atoms with Crippen LogP contribution in [0, 0.1) is 0 Å². The van der Waals surface area contributed by atoms with Gasteiger partial charge in [0.15, 0.2) is 5.82 Å². The van der Waals surface area contributed by atoms with Crippen LogP contribution >= 0.6 is 0 Å². The minimum Gasteiger partial charge on any atom is -0.396 e. The van der Waals surface area contributed by atoms with Crippen LogP contribution in [0.3, 0.4) is 0 Å². The average Bonchev–Trinajstić information content (AvgIpc) is 2.54. The van der Waals surface area contributed by atoms with E-state index >= 15 is 0 Å². The van der Waals surface area contributed by atoms with Gasteiger partial charge in [0.25, 0.3) is 5.91 Å². The Kier molecular flexibility index (Phi) is 3.66. The fraction of sp³-hybridized carbons (Fsp3) is 0.500. The second kappa shape index (κ2) is 5.22. The lowest BCUT2D eigenvalue weighted by molar-refractivity contribution is 0.0995. The van der Waals surface area contributed by atoms with Gasteiger partial charge in [0.2, 0.25) is 0 Å². The third-order valence-corrected chi connectivity index (χ3v) is 3.18. The van der Waals surface area contributed by atoms with Gasteiger partial charge in [0, 0.05) is 19.6 Å². The molecular formula is C12H19N5O. The predicted octanol–water partition coefficient (Wildman–Crippen LogP) is -0.0954. The molecule has 1 amide bonds. The molecule has 6 nitrogen and oxygen atoms in total. The standard InChI is InChI=1S/C12H19N5O/c1-16-5-2-6-17(8-7-16)12-9(13)3-4-10(15-12)11(14)18/h3-4H,2,5-8,13H2,1H3,(H2,14,18). The van der Waals surface area contributed by atoms with E-state index in [4.69, 9.17) is 11.5 Å². The van der Waals surface area contributed by atoms with Crippen LogP contribution in [-0.2, 0) is 0 Å². The van der Waals surface area contributed by atoms with E-state index in [2.05, 4.69) is 21.8 Å². The number of carbonyl (C=O) groups excluding carboxylic acids is 1. The number of hydrogen-bond donors (Lipinski definition) is 2. The largest absolute Gasteiger partial charge is 0.396 e. The molecule has 0 aromatic carbocycles. The Hall–Kier alpha value is -1.82. The van der Waals surface area contributed by atoms with Crippen LogP contribution in [0.25, 0.3) is 0 Å². The molecule has 1 saturated heterocycles. The van der Waals surface area contributed by atoms with Gasteiger partial charge in [-0.2, -0.15) is 0 Å². The summed E-state index contributed by atoms with van der Waals surface area (Å²) in [5, 5.41) is 0. The molecule has 2 heterocycles. The van der Waals surface area contributed by atoms with Crippen molar-refractivity contribution in [1.29, 1.82) is 0 Å². The molecule has 1 aromatic heterocycles. The molecule has 1 aromatic rings. The Morgan fingerprint density at radius 2 is 2.06 bits per heavy atom. The minimum atomic E-state index is -0.525. The zero-order chi connectivity index (χ0) is 13.1. The van der Waals surface area contributed by atoms with Gasteiger partial charge in [0.1, 0.15) is 5.69 Å². The van der Waals surface area contributed by atoms with Gasteiger partial charge >= 0.3 is 0 Å². The summed E-state index contributed by atoms with van der Waals surface area (Å²) in [6, 6.07) is 3.25. The lowest BCUT2D eigenvalue weighted by atomic mass is 10.3. The molecule has 0 spiro atoms. The smallest absolute Gasteiger partial charge is 0.267 e. The van der Waals surface area contributed by atoms with Crippen molar-refractivity contribution in [1.82, 2.24) is 9.88 Å². The van der Waals surface area contributed by atoms with E-state index in [0.717, 1.165) is 32.6 Å². The SMILES string of the molecule is CN1CCCN(c2nc(C(N)=O)ccc2N)CC1. The highest BCUT2D eigenvalue weighted by atomic mass is 16.1. The third-order valence-electron chi connectivity index (χ3n) is 3.18. The molecule has 1 aliphatic heterocycles. The summed E-state index contributed by atoms with van der Waals surface area (Å²) < 4.78 is 0. The summed E-state index contributed by atoms with van der Waals surface area (Å²) in [6.07, 6.45) is 1.05. The van der Waals surface area contributed by atoms with Crippen LogP contribution in [0.1, 0.15) is 16.9 Å². The lowest BCUT2D eigenvalue weighted by Crippen LogP contribution is -2.30. The number of aromatic nitrogens is 1. The van der Waals surface area contributed by atoms with Gasteiger partial charge in [-0.1, -0.05) is 0 Å². The van der Waals surface area contributed by atoms with Crippen molar-refractivity contribution in [3.8, 4) is 0 Å². The molecule has 4 N–H and O–H groups in total. The van der Waals surface area contributed by atoms with Crippen LogP contribution < -0.4 is 16.4 Å². The topological polar surface area (TPSA) is 88.5 Å². The number of hydrogen-bond acceptors (Lipinski definition) is 5. The predicted molar refractivity (Wildman–Crippen MR) is 71.5 cm³/mol. The second-order valence-corrected chi connectivity index (χ2v) is 4.62. The molecule has 18 heavy (non-hydrogen) atoms. The number of pyridine rings is 1. The molecule has 0 bridgehead atoms. The van der Waals surface area contributed by atoms with Gasteiger partial charge in [-0.25, -0.2) is 4.98 Å². The van der Waals surface area contributed by atoms with E-state index in [9.17, 15) is 4.79 Å². The third kappa shape index (κ3) is 2.70. The molecule has 0 atom stereocenters. The number of primary amides is 1. The number of amides is 1.